The number of furan rings is 1. The Hall–Kier alpha value is -1.11. The summed E-state index contributed by atoms with van der Waals surface area (Å²) in [4.78, 5) is 4.20. The van der Waals surface area contributed by atoms with E-state index in [1.54, 1.807) is 6.20 Å². The van der Waals surface area contributed by atoms with Crippen LogP contribution in [0.4, 0.5) is 5.82 Å². The Morgan fingerprint density at radius 1 is 1.45 bits per heavy atom. The molecule has 7 heteroatoms. The molecule has 0 spiro atoms. The molecular formula is C13H13BrClN3OS. The van der Waals surface area contributed by atoms with E-state index in [1.807, 2.05) is 26.0 Å². The van der Waals surface area contributed by atoms with Crippen LogP contribution in [0.3, 0.4) is 0 Å². The predicted molar refractivity (Wildman–Crippen MR) is 88.2 cm³/mol. The lowest BCUT2D eigenvalue weighted by atomic mass is 10.3. The SMILES string of the molecule is Cc1ccc(CNC(=S)Nc2ncc(Cl)c(C)c2Br)o1. The van der Waals surface area contributed by atoms with E-state index in [1.165, 1.54) is 0 Å². The van der Waals surface area contributed by atoms with Gasteiger partial charge in [-0.05, 0) is 59.7 Å². The molecule has 0 aliphatic carbocycles. The normalized spacial score (nSPS) is 10.4. The first-order valence-corrected chi connectivity index (χ1v) is 7.46. The first-order chi connectivity index (χ1) is 9.47. The van der Waals surface area contributed by atoms with E-state index >= 15 is 0 Å². The summed E-state index contributed by atoms with van der Waals surface area (Å²) < 4.78 is 6.24. The number of hydrogen-bond acceptors (Lipinski definition) is 3. The van der Waals surface area contributed by atoms with Gasteiger partial charge in [0.2, 0.25) is 0 Å². The molecule has 0 atom stereocenters. The average Bonchev–Trinajstić information content (AvgIpc) is 2.83. The quantitative estimate of drug-likeness (QED) is 0.789. The summed E-state index contributed by atoms with van der Waals surface area (Å²) in [5.41, 5.74) is 0.911. The smallest absolute Gasteiger partial charge is 0.172 e. The van der Waals surface area contributed by atoms with Crippen LogP contribution in [0.1, 0.15) is 17.1 Å². The number of halogens is 2. The van der Waals surface area contributed by atoms with Crippen molar-refractivity contribution in [2.24, 2.45) is 0 Å². The fourth-order valence-corrected chi connectivity index (χ4v) is 2.38. The van der Waals surface area contributed by atoms with Gasteiger partial charge in [0.25, 0.3) is 0 Å². The minimum atomic E-state index is 0.467. The van der Waals surface area contributed by atoms with Gasteiger partial charge in [0.05, 0.1) is 16.0 Å². The molecule has 0 aliphatic rings. The summed E-state index contributed by atoms with van der Waals surface area (Å²) >= 11 is 14.6. The van der Waals surface area contributed by atoms with Crippen molar-refractivity contribution in [2.75, 3.05) is 5.32 Å². The molecule has 0 aliphatic heterocycles. The zero-order chi connectivity index (χ0) is 14.7. The summed E-state index contributed by atoms with van der Waals surface area (Å²) in [6.45, 7) is 4.32. The summed E-state index contributed by atoms with van der Waals surface area (Å²) in [5.74, 6) is 2.32. The maximum absolute atomic E-state index is 5.98. The minimum Gasteiger partial charge on any atom is -0.465 e. The van der Waals surface area contributed by atoms with E-state index in [0.29, 0.717) is 22.5 Å². The van der Waals surface area contributed by atoms with E-state index in [-0.39, 0.29) is 0 Å². The number of rotatable bonds is 3. The van der Waals surface area contributed by atoms with Crippen LogP contribution in [0.2, 0.25) is 5.02 Å². The highest BCUT2D eigenvalue weighted by Gasteiger charge is 2.09. The van der Waals surface area contributed by atoms with Crippen LogP contribution in [0.15, 0.2) is 27.2 Å². The largest absolute Gasteiger partial charge is 0.465 e. The second-order valence-electron chi connectivity index (χ2n) is 4.21. The third-order valence-electron chi connectivity index (χ3n) is 2.65. The average molecular weight is 375 g/mol. The first kappa shape index (κ1) is 15.3. The molecule has 2 rings (SSSR count). The fourth-order valence-electron chi connectivity index (χ4n) is 1.54. The Balaban J connectivity index is 1.96. The maximum Gasteiger partial charge on any atom is 0.172 e. The highest BCUT2D eigenvalue weighted by Crippen LogP contribution is 2.28. The lowest BCUT2D eigenvalue weighted by molar-refractivity contribution is 0.478. The highest BCUT2D eigenvalue weighted by molar-refractivity contribution is 9.10. The molecule has 0 fully saturated rings. The highest BCUT2D eigenvalue weighted by atomic mass is 79.9. The number of nitrogens with one attached hydrogen (secondary N) is 2. The molecule has 0 aromatic carbocycles. The van der Waals surface area contributed by atoms with Crippen molar-refractivity contribution in [1.29, 1.82) is 0 Å². The molecule has 2 N–H and O–H groups in total. The second-order valence-corrected chi connectivity index (χ2v) is 5.82. The van der Waals surface area contributed by atoms with Crippen LogP contribution < -0.4 is 10.6 Å². The monoisotopic (exact) mass is 373 g/mol. The third-order valence-corrected chi connectivity index (χ3v) is 4.25. The molecule has 106 valence electrons. The molecular weight excluding hydrogens is 362 g/mol. The van der Waals surface area contributed by atoms with Crippen molar-refractivity contribution in [2.45, 2.75) is 20.4 Å². The van der Waals surface area contributed by atoms with Crippen LogP contribution in [0.5, 0.6) is 0 Å². The molecule has 2 heterocycles. The lowest BCUT2D eigenvalue weighted by Gasteiger charge is -2.12. The van der Waals surface area contributed by atoms with E-state index in [0.717, 1.165) is 21.6 Å². The Labute approximate surface area is 136 Å². The molecule has 2 aromatic rings. The van der Waals surface area contributed by atoms with Crippen molar-refractivity contribution >= 4 is 50.7 Å². The van der Waals surface area contributed by atoms with Gasteiger partial charge in [0.1, 0.15) is 17.3 Å². The topological polar surface area (TPSA) is 50.1 Å². The van der Waals surface area contributed by atoms with Crippen LogP contribution in [0, 0.1) is 13.8 Å². The Morgan fingerprint density at radius 3 is 2.85 bits per heavy atom. The molecule has 0 amide bonds. The lowest BCUT2D eigenvalue weighted by Crippen LogP contribution is -2.28. The standard InChI is InChI=1S/C13H13BrClN3OS/c1-7-3-4-9(19-7)5-17-13(20)18-12-11(14)8(2)10(15)6-16-12/h3-4,6H,5H2,1-2H3,(H2,16,17,18,20). The van der Waals surface area contributed by atoms with Crippen LogP contribution in [0.25, 0.3) is 0 Å². The third kappa shape index (κ3) is 3.71. The summed E-state index contributed by atoms with van der Waals surface area (Å²) in [7, 11) is 0. The van der Waals surface area contributed by atoms with Crippen LogP contribution in [-0.2, 0) is 6.54 Å². The van der Waals surface area contributed by atoms with Gasteiger partial charge >= 0.3 is 0 Å². The minimum absolute atomic E-state index is 0.467. The van der Waals surface area contributed by atoms with E-state index in [4.69, 9.17) is 28.2 Å². The summed E-state index contributed by atoms with van der Waals surface area (Å²) in [5, 5.41) is 7.14. The number of aromatic nitrogens is 1. The van der Waals surface area contributed by atoms with Crippen molar-refractivity contribution < 1.29 is 4.42 Å². The Bertz CT molecular complexity index is 645. The number of anilines is 1. The molecule has 0 saturated carbocycles. The number of aryl methyl sites for hydroxylation is 1. The first-order valence-electron chi connectivity index (χ1n) is 5.88. The molecule has 20 heavy (non-hydrogen) atoms. The molecule has 0 radical (unpaired) electrons. The van der Waals surface area contributed by atoms with Crippen LogP contribution in [-0.4, -0.2) is 10.1 Å². The molecule has 2 aromatic heterocycles. The van der Waals surface area contributed by atoms with Gasteiger partial charge in [-0.15, -0.1) is 0 Å². The maximum atomic E-state index is 5.98. The van der Waals surface area contributed by atoms with Crippen molar-refractivity contribution in [1.82, 2.24) is 10.3 Å². The summed E-state index contributed by atoms with van der Waals surface area (Å²) in [6, 6.07) is 3.82. The van der Waals surface area contributed by atoms with Gasteiger partial charge < -0.3 is 15.1 Å². The number of thiocarbonyl (C=S) groups is 1. The van der Waals surface area contributed by atoms with E-state index in [2.05, 4.69) is 31.5 Å². The number of hydrogen-bond donors (Lipinski definition) is 2. The van der Waals surface area contributed by atoms with Crippen molar-refractivity contribution in [3.8, 4) is 0 Å². The zero-order valence-corrected chi connectivity index (χ0v) is 14.1. The van der Waals surface area contributed by atoms with Gasteiger partial charge in [-0.2, -0.15) is 0 Å². The number of pyridine rings is 1. The van der Waals surface area contributed by atoms with E-state index < -0.39 is 0 Å². The van der Waals surface area contributed by atoms with Crippen molar-refractivity contribution in [3.05, 3.63) is 44.9 Å². The Morgan fingerprint density at radius 2 is 2.20 bits per heavy atom. The van der Waals surface area contributed by atoms with Gasteiger partial charge in [0.15, 0.2) is 5.11 Å². The Kier molecular flexibility index (Phi) is 5.01. The van der Waals surface area contributed by atoms with Crippen LogP contribution >= 0.6 is 39.7 Å². The zero-order valence-electron chi connectivity index (χ0n) is 11.0. The van der Waals surface area contributed by atoms with Crippen molar-refractivity contribution in [3.63, 3.8) is 0 Å². The van der Waals surface area contributed by atoms with E-state index in [9.17, 15) is 0 Å². The van der Waals surface area contributed by atoms with Gasteiger partial charge in [-0.1, -0.05) is 11.6 Å². The molecule has 0 saturated heterocycles. The fraction of sp³-hybridized carbons (Fsp3) is 0.231. The van der Waals surface area contributed by atoms with Gasteiger partial charge in [0, 0.05) is 6.20 Å². The molecule has 4 nitrogen and oxygen atoms in total. The second kappa shape index (κ2) is 6.56. The summed E-state index contributed by atoms with van der Waals surface area (Å²) in [6.07, 6.45) is 1.59. The molecule has 0 unspecified atom stereocenters. The van der Waals surface area contributed by atoms with Gasteiger partial charge in [-0.3, -0.25) is 0 Å². The molecule has 0 bridgehead atoms. The van der Waals surface area contributed by atoms with Gasteiger partial charge in [-0.25, -0.2) is 4.98 Å². The number of nitrogens with zero attached hydrogens (tertiary/aromatic N) is 1. The predicted octanol–water partition coefficient (Wildman–Crippen LogP) is 4.19.